The highest BCUT2D eigenvalue weighted by Gasteiger charge is 2.27. The number of aromatic nitrogens is 3. The van der Waals surface area contributed by atoms with Gasteiger partial charge in [-0.3, -0.25) is 0 Å². The third-order valence-corrected chi connectivity index (χ3v) is 5.66. The molecule has 0 saturated carbocycles. The van der Waals surface area contributed by atoms with Crippen LogP contribution >= 0.6 is 11.3 Å². The molecule has 1 aliphatic carbocycles. The van der Waals surface area contributed by atoms with Gasteiger partial charge in [0.15, 0.2) is 5.82 Å². The van der Waals surface area contributed by atoms with Gasteiger partial charge in [0.1, 0.15) is 12.4 Å². The first-order valence-corrected chi connectivity index (χ1v) is 8.95. The molecule has 1 aliphatic heterocycles. The van der Waals surface area contributed by atoms with Crippen LogP contribution in [0.5, 0.6) is 0 Å². The zero-order valence-corrected chi connectivity index (χ0v) is 13.7. The Morgan fingerprint density at radius 3 is 3.27 bits per heavy atom. The zero-order chi connectivity index (χ0) is 14.9. The molecule has 0 radical (unpaired) electrons. The van der Waals surface area contributed by atoms with Crippen molar-refractivity contribution in [1.82, 2.24) is 20.1 Å². The summed E-state index contributed by atoms with van der Waals surface area (Å²) < 4.78 is 7.19. The van der Waals surface area contributed by atoms with Crippen molar-refractivity contribution >= 4 is 11.3 Å². The number of ether oxygens (including phenoxy) is 1. The van der Waals surface area contributed by atoms with Gasteiger partial charge in [-0.25, -0.2) is 9.67 Å². The smallest absolute Gasteiger partial charge is 0.176 e. The van der Waals surface area contributed by atoms with Gasteiger partial charge >= 0.3 is 0 Å². The zero-order valence-electron chi connectivity index (χ0n) is 12.9. The van der Waals surface area contributed by atoms with Gasteiger partial charge in [0.05, 0.1) is 6.54 Å². The summed E-state index contributed by atoms with van der Waals surface area (Å²) in [5, 5.41) is 10.7. The molecular formula is C16H22N4OS. The van der Waals surface area contributed by atoms with E-state index in [0.29, 0.717) is 18.7 Å². The molecule has 0 bridgehead atoms. The van der Waals surface area contributed by atoms with Crippen molar-refractivity contribution in [3.05, 3.63) is 33.5 Å². The molecule has 5 nitrogen and oxygen atoms in total. The van der Waals surface area contributed by atoms with Gasteiger partial charge in [-0.1, -0.05) is 0 Å². The topological polar surface area (TPSA) is 52.0 Å². The maximum Gasteiger partial charge on any atom is 0.176 e. The normalized spacial score (nSPS) is 24.0. The van der Waals surface area contributed by atoms with Gasteiger partial charge in [-0.15, -0.1) is 11.3 Å². The Labute approximate surface area is 134 Å². The van der Waals surface area contributed by atoms with Crippen LogP contribution in [0.15, 0.2) is 11.4 Å². The van der Waals surface area contributed by atoms with Crippen LogP contribution in [-0.4, -0.2) is 27.9 Å². The highest BCUT2D eigenvalue weighted by Crippen LogP contribution is 2.34. The van der Waals surface area contributed by atoms with E-state index in [4.69, 9.17) is 4.74 Å². The molecule has 0 unspecified atom stereocenters. The first kappa shape index (κ1) is 14.4. The molecule has 4 rings (SSSR count). The van der Waals surface area contributed by atoms with Gasteiger partial charge in [0, 0.05) is 30.5 Å². The third-order valence-electron chi connectivity index (χ3n) is 4.66. The Morgan fingerprint density at radius 2 is 2.36 bits per heavy atom. The molecule has 2 atom stereocenters. The summed E-state index contributed by atoms with van der Waals surface area (Å²) in [5.74, 6) is 1.90. The lowest BCUT2D eigenvalue weighted by atomic mass is 9.92. The van der Waals surface area contributed by atoms with Crippen molar-refractivity contribution in [3.8, 4) is 0 Å². The Bertz CT molecular complexity index is 650. The highest BCUT2D eigenvalue weighted by molar-refractivity contribution is 7.10. The first-order valence-electron chi connectivity index (χ1n) is 8.07. The van der Waals surface area contributed by atoms with Gasteiger partial charge in [0.2, 0.25) is 0 Å². The summed E-state index contributed by atoms with van der Waals surface area (Å²) in [6.07, 6.45) is 5.94. The number of nitrogens with zero attached hydrogens (tertiary/aromatic N) is 3. The predicted octanol–water partition coefficient (Wildman–Crippen LogP) is 2.47. The van der Waals surface area contributed by atoms with Crippen molar-refractivity contribution in [3.63, 3.8) is 0 Å². The van der Waals surface area contributed by atoms with Gasteiger partial charge in [-0.05, 0) is 42.7 Å². The molecule has 6 heteroatoms. The average molecular weight is 318 g/mol. The Morgan fingerprint density at radius 1 is 1.41 bits per heavy atom. The van der Waals surface area contributed by atoms with Crippen LogP contribution in [0.1, 0.15) is 47.4 Å². The number of nitrogens with one attached hydrogen (secondary N) is 1. The Balaban J connectivity index is 1.45. The molecule has 2 aromatic heterocycles. The second kappa shape index (κ2) is 6.10. The molecule has 2 aromatic rings. The van der Waals surface area contributed by atoms with Gasteiger partial charge in [-0.2, -0.15) is 5.10 Å². The van der Waals surface area contributed by atoms with E-state index in [9.17, 15) is 0 Å². The molecule has 0 amide bonds. The molecule has 0 spiro atoms. The van der Waals surface area contributed by atoms with Crippen LogP contribution in [0.4, 0.5) is 0 Å². The van der Waals surface area contributed by atoms with E-state index in [-0.39, 0.29) is 0 Å². The molecule has 118 valence electrons. The molecular weight excluding hydrogens is 296 g/mol. The quantitative estimate of drug-likeness (QED) is 0.941. The SMILES string of the molecule is COCc1nc2n(n1)C[C@H](N[C@@H]1CCCc3sccc31)CC2. The van der Waals surface area contributed by atoms with E-state index in [0.717, 1.165) is 31.0 Å². The summed E-state index contributed by atoms with van der Waals surface area (Å²) in [5.41, 5.74) is 1.53. The molecule has 0 fully saturated rings. The van der Waals surface area contributed by atoms with Crippen molar-refractivity contribution < 1.29 is 4.74 Å². The number of hydrogen-bond donors (Lipinski definition) is 1. The lowest BCUT2D eigenvalue weighted by molar-refractivity contribution is 0.177. The van der Waals surface area contributed by atoms with E-state index < -0.39 is 0 Å². The summed E-state index contributed by atoms with van der Waals surface area (Å²) in [7, 11) is 1.69. The summed E-state index contributed by atoms with van der Waals surface area (Å²) in [6.45, 7) is 1.42. The Hall–Kier alpha value is -1.24. The minimum absolute atomic E-state index is 0.487. The molecule has 1 N–H and O–H groups in total. The monoisotopic (exact) mass is 318 g/mol. The minimum Gasteiger partial charge on any atom is -0.377 e. The average Bonchev–Trinajstić information content (AvgIpc) is 3.13. The number of thiophene rings is 1. The lowest BCUT2D eigenvalue weighted by Crippen LogP contribution is -2.40. The Kier molecular flexibility index (Phi) is 3.98. The van der Waals surface area contributed by atoms with Crippen molar-refractivity contribution in [1.29, 1.82) is 0 Å². The maximum atomic E-state index is 5.13. The molecule has 0 aromatic carbocycles. The van der Waals surface area contributed by atoms with E-state index in [1.807, 2.05) is 11.3 Å². The van der Waals surface area contributed by atoms with E-state index >= 15 is 0 Å². The largest absolute Gasteiger partial charge is 0.377 e. The fourth-order valence-electron chi connectivity index (χ4n) is 3.63. The fraction of sp³-hybridized carbons (Fsp3) is 0.625. The fourth-order valence-corrected chi connectivity index (χ4v) is 4.62. The lowest BCUT2D eigenvalue weighted by Gasteiger charge is -2.31. The van der Waals surface area contributed by atoms with Crippen LogP contribution in [0.2, 0.25) is 0 Å². The predicted molar refractivity (Wildman–Crippen MR) is 86.0 cm³/mol. The van der Waals surface area contributed by atoms with Gasteiger partial charge < -0.3 is 10.1 Å². The van der Waals surface area contributed by atoms with Crippen LogP contribution < -0.4 is 5.32 Å². The van der Waals surface area contributed by atoms with Crippen LogP contribution in [0.3, 0.4) is 0 Å². The molecule has 22 heavy (non-hydrogen) atoms. The standard InChI is InChI=1S/C16H22N4OS/c1-21-10-15-18-16-6-5-11(9-20(16)19-15)17-13-3-2-4-14-12(13)7-8-22-14/h7-8,11,13,17H,2-6,9-10H2,1H3/t11-,13-/m1/s1. The second-order valence-electron chi connectivity index (χ2n) is 6.21. The summed E-state index contributed by atoms with van der Waals surface area (Å²) in [4.78, 5) is 6.12. The molecule has 0 saturated heterocycles. The van der Waals surface area contributed by atoms with E-state index in [1.165, 1.54) is 24.8 Å². The molecule has 3 heterocycles. The second-order valence-corrected chi connectivity index (χ2v) is 7.21. The van der Waals surface area contributed by atoms with Gasteiger partial charge in [0.25, 0.3) is 0 Å². The van der Waals surface area contributed by atoms with Crippen molar-refractivity contribution in [2.24, 2.45) is 0 Å². The van der Waals surface area contributed by atoms with E-state index in [1.54, 1.807) is 12.0 Å². The minimum atomic E-state index is 0.487. The first-order chi connectivity index (χ1) is 10.8. The third kappa shape index (κ3) is 2.71. The summed E-state index contributed by atoms with van der Waals surface area (Å²) >= 11 is 1.91. The van der Waals surface area contributed by atoms with Crippen LogP contribution in [-0.2, 0) is 30.7 Å². The van der Waals surface area contributed by atoms with E-state index in [2.05, 4.69) is 31.5 Å². The molecule has 2 aliphatic rings. The highest BCUT2D eigenvalue weighted by atomic mass is 32.1. The summed E-state index contributed by atoms with van der Waals surface area (Å²) in [6, 6.07) is 3.31. The van der Waals surface area contributed by atoms with Crippen LogP contribution in [0.25, 0.3) is 0 Å². The maximum absolute atomic E-state index is 5.13. The number of fused-ring (bicyclic) bond motifs is 2. The van der Waals surface area contributed by atoms with Crippen molar-refractivity contribution in [2.75, 3.05) is 7.11 Å². The number of rotatable bonds is 4. The number of methoxy groups -OCH3 is 1. The number of hydrogen-bond acceptors (Lipinski definition) is 5. The number of aryl methyl sites for hydroxylation is 2. The van der Waals surface area contributed by atoms with Crippen LogP contribution in [0, 0.1) is 0 Å². The van der Waals surface area contributed by atoms with Crippen molar-refractivity contribution in [2.45, 2.75) is 57.3 Å².